The number of fused-ring (bicyclic) bond motifs is 2. The number of methoxy groups -OCH3 is 3. The van der Waals surface area contributed by atoms with Crippen LogP contribution in [0.2, 0.25) is 0 Å². The molecule has 224 valence electrons. The second kappa shape index (κ2) is 12.5. The summed E-state index contributed by atoms with van der Waals surface area (Å²) in [6.45, 7) is 1.74. The first-order valence-corrected chi connectivity index (χ1v) is 14.7. The number of benzene rings is 4. The van der Waals surface area contributed by atoms with Crippen LogP contribution in [0.3, 0.4) is 0 Å². The highest BCUT2D eigenvalue weighted by Crippen LogP contribution is 2.39. The molecule has 0 saturated carbocycles. The van der Waals surface area contributed by atoms with E-state index in [-0.39, 0.29) is 23.6 Å². The number of ether oxygens (including phenoxy) is 4. The third-order valence-corrected chi connectivity index (χ3v) is 8.46. The van der Waals surface area contributed by atoms with E-state index in [2.05, 4.69) is 34.9 Å². The van der Waals surface area contributed by atoms with Crippen molar-refractivity contribution in [2.45, 2.75) is 37.8 Å². The Bertz CT molecular complexity index is 1600. The standard InChI is InChI=1S/C35H38N2O6/c1-40-32-17-23-10-12-37-29(26(23)19-31(32)39)15-22-6-9-30(38)33(16-22)43-25-7-4-21(5-8-25)14-28-27-20-35(42-3)34(41-2)18-24(27)11-13-36-28/h4-9,16-20,28-29,36-39H,10-15H2,1-3H3. The second-order valence-corrected chi connectivity index (χ2v) is 11.1. The number of rotatable bonds is 9. The van der Waals surface area contributed by atoms with Crippen LogP contribution in [-0.4, -0.2) is 44.6 Å². The van der Waals surface area contributed by atoms with Gasteiger partial charge in [0, 0.05) is 12.1 Å². The molecule has 0 aromatic heterocycles. The number of phenolic OH excluding ortho intramolecular Hbond substituents is 2. The van der Waals surface area contributed by atoms with Crippen molar-refractivity contribution in [3.63, 3.8) is 0 Å². The molecule has 6 rings (SSSR count). The lowest BCUT2D eigenvalue weighted by Gasteiger charge is -2.28. The molecule has 0 spiro atoms. The van der Waals surface area contributed by atoms with Gasteiger partial charge in [0.2, 0.25) is 0 Å². The van der Waals surface area contributed by atoms with Crippen molar-refractivity contribution in [2.75, 3.05) is 34.4 Å². The lowest BCUT2D eigenvalue weighted by molar-refractivity contribution is 0.352. The maximum Gasteiger partial charge on any atom is 0.169 e. The van der Waals surface area contributed by atoms with Crippen molar-refractivity contribution in [3.8, 4) is 40.2 Å². The number of phenols is 2. The molecule has 2 heterocycles. The Hall–Kier alpha value is -4.40. The molecule has 43 heavy (non-hydrogen) atoms. The fourth-order valence-electron chi connectivity index (χ4n) is 6.21. The fraction of sp³-hybridized carbons (Fsp3) is 0.314. The molecule has 2 aliphatic rings. The first-order valence-electron chi connectivity index (χ1n) is 14.7. The van der Waals surface area contributed by atoms with Crippen LogP contribution < -0.4 is 29.6 Å². The van der Waals surface area contributed by atoms with E-state index in [9.17, 15) is 10.2 Å². The highest BCUT2D eigenvalue weighted by Gasteiger charge is 2.24. The van der Waals surface area contributed by atoms with Crippen LogP contribution in [-0.2, 0) is 25.7 Å². The third kappa shape index (κ3) is 6.07. The molecule has 8 nitrogen and oxygen atoms in total. The second-order valence-electron chi connectivity index (χ2n) is 11.1. The molecule has 4 N–H and O–H groups in total. The third-order valence-electron chi connectivity index (χ3n) is 8.46. The molecule has 2 atom stereocenters. The van der Waals surface area contributed by atoms with Gasteiger partial charge in [-0.2, -0.15) is 0 Å². The van der Waals surface area contributed by atoms with E-state index < -0.39 is 0 Å². The minimum absolute atomic E-state index is 0.0248. The molecule has 8 heteroatoms. The number of hydrogen-bond acceptors (Lipinski definition) is 8. The first kappa shape index (κ1) is 28.7. The summed E-state index contributed by atoms with van der Waals surface area (Å²) < 4.78 is 22.5. The summed E-state index contributed by atoms with van der Waals surface area (Å²) >= 11 is 0. The number of hydrogen-bond donors (Lipinski definition) is 4. The smallest absolute Gasteiger partial charge is 0.169 e. The maximum absolute atomic E-state index is 10.6. The van der Waals surface area contributed by atoms with E-state index in [1.54, 1.807) is 33.5 Å². The Morgan fingerprint density at radius 3 is 1.81 bits per heavy atom. The summed E-state index contributed by atoms with van der Waals surface area (Å²) in [6, 6.07) is 21.5. The maximum atomic E-state index is 10.6. The van der Waals surface area contributed by atoms with Gasteiger partial charge in [0.1, 0.15) is 5.75 Å². The molecule has 0 amide bonds. The molecule has 4 aromatic carbocycles. The lowest BCUT2D eigenvalue weighted by Crippen LogP contribution is -2.31. The molecule has 0 saturated heterocycles. The van der Waals surface area contributed by atoms with Crippen LogP contribution in [0.25, 0.3) is 0 Å². The molecule has 0 fully saturated rings. The van der Waals surface area contributed by atoms with E-state index in [1.165, 1.54) is 22.3 Å². The molecule has 0 radical (unpaired) electrons. The Kier molecular flexibility index (Phi) is 8.31. The summed E-state index contributed by atoms with van der Waals surface area (Å²) in [6.07, 6.45) is 3.32. The fourth-order valence-corrected chi connectivity index (χ4v) is 6.21. The van der Waals surface area contributed by atoms with Gasteiger partial charge in [0.15, 0.2) is 34.5 Å². The molecular formula is C35H38N2O6. The minimum atomic E-state index is 0.0248. The van der Waals surface area contributed by atoms with Crippen molar-refractivity contribution in [2.24, 2.45) is 0 Å². The zero-order chi connectivity index (χ0) is 29.9. The first-order chi connectivity index (χ1) is 20.9. The van der Waals surface area contributed by atoms with Crippen molar-refractivity contribution in [1.29, 1.82) is 0 Å². The Morgan fingerprint density at radius 1 is 0.605 bits per heavy atom. The summed E-state index contributed by atoms with van der Waals surface area (Å²) in [5.74, 6) is 3.27. The van der Waals surface area contributed by atoms with E-state index in [1.807, 2.05) is 30.3 Å². The van der Waals surface area contributed by atoms with Gasteiger partial charge in [0.25, 0.3) is 0 Å². The van der Waals surface area contributed by atoms with Crippen molar-refractivity contribution < 1.29 is 29.2 Å². The predicted octanol–water partition coefficient (Wildman–Crippen LogP) is 5.77. The number of aromatic hydroxyl groups is 2. The largest absolute Gasteiger partial charge is 0.504 e. The molecular weight excluding hydrogens is 544 g/mol. The lowest BCUT2D eigenvalue weighted by atomic mass is 9.89. The van der Waals surface area contributed by atoms with Gasteiger partial charge < -0.3 is 39.8 Å². The molecule has 2 aliphatic heterocycles. The average molecular weight is 583 g/mol. The van der Waals surface area contributed by atoms with E-state index in [0.29, 0.717) is 23.7 Å². The van der Waals surface area contributed by atoms with E-state index in [4.69, 9.17) is 18.9 Å². The summed E-state index contributed by atoms with van der Waals surface area (Å²) in [5, 5.41) is 28.2. The molecule has 0 aliphatic carbocycles. The molecule has 2 unspecified atom stereocenters. The monoisotopic (exact) mass is 582 g/mol. The van der Waals surface area contributed by atoms with Gasteiger partial charge in [-0.3, -0.25) is 0 Å². The van der Waals surface area contributed by atoms with Gasteiger partial charge in [0.05, 0.1) is 21.3 Å². The highest BCUT2D eigenvalue weighted by molar-refractivity contribution is 5.51. The van der Waals surface area contributed by atoms with Crippen LogP contribution >= 0.6 is 0 Å². The van der Waals surface area contributed by atoms with Gasteiger partial charge in [-0.05, 0) is 121 Å². The zero-order valence-corrected chi connectivity index (χ0v) is 24.8. The highest BCUT2D eigenvalue weighted by atomic mass is 16.5. The average Bonchev–Trinajstić information content (AvgIpc) is 3.03. The van der Waals surface area contributed by atoms with E-state index >= 15 is 0 Å². The van der Waals surface area contributed by atoms with Crippen LogP contribution in [0.15, 0.2) is 66.7 Å². The van der Waals surface area contributed by atoms with Gasteiger partial charge in [-0.1, -0.05) is 18.2 Å². The van der Waals surface area contributed by atoms with Gasteiger partial charge in [-0.15, -0.1) is 0 Å². The van der Waals surface area contributed by atoms with Crippen LogP contribution in [0.5, 0.6) is 40.2 Å². The van der Waals surface area contributed by atoms with Crippen molar-refractivity contribution in [3.05, 3.63) is 100 Å². The molecule has 4 aromatic rings. The van der Waals surface area contributed by atoms with Gasteiger partial charge >= 0.3 is 0 Å². The summed E-state index contributed by atoms with van der Waals surface area (Å²) in [5.41, 5.74) is 6.92. The predicted molar refractivity (Wildman–Crippen MR) is 165 cm³/mol. The van der Waals surface area contributed by atoms with E-state index in [0.717, 1.165) is 55.0 Å². The Balaban J connectivity index is 1.15. The van der Waals surface area contributed by atoms with Crippen LogP contribution in [0, 0.1) is 0 Å². The Morgan fingerprint density at radius 2 is 1.16 bits per heavy atom. The van der Waals surface area contributed by atoms with Crippen LogP contribution in [0.4, 0.5) is 0 Å². The quantitative estimate of drug-likeness (QED) is 0.197. The summed E-state index contributed by atoms with van der Waals surface area (Å²) in [7, 11) is 4.89. The zero-order valence-electron chi connectivity index (χ0n) is 24.8. The normalized spacial score (nSPS) is 17.5. The molecule has 0 bridgehead atoms. The topological polar surface area (TPSA) is 101 Å². The van der Waals surface area contributed by atoms with Crippen LogP contribution in [0.1, 0.15) is 45.5 Å². The minimum Gasteiger partial charge on any atom is -0.504 e. The summed E-state index contributed by atoms with van der Waals surface area (Å²) in [4.78, 5) is 0. The SMILES string of the molecule is COc1cc2c(cc1O)C(Cc1ccc(O)c(Oc3ccc(CC4NCCc5cc(OC)c(OC)cc54)cc3)c1)NCC2. The van der Waals surface area contributed by atoms with Crippen molar-refractivity contribution in [1.82, 2.24) is 10.6 Å². The van der Waals surface area contributed by atoms with Crippen molar-refractivity contribution >= 4 is 0 Å². The number of nitrogens with one attached hydrogen (secondary N) is 2. The van der Waals surface area contributed by atoms with Gasteiger partial charge in [-0.25, -0.2) is 0 Å². The Labute approximate surface area is 252 Å².